The molecule has 1 aromatic carbocycles. The Balaban J connectivity index is 2.63. The Bertz CT molecular complexity index is 250. The highest BCUT2D eigenvalue weighted by molar-refractivity contribution is 5.22. The topological polar surface area (TPSA) is 29.5 Å². The average molecular weight is 170 g/mol. The molecule has 0 fully saturated rings. The molecule has 0 heterocycles. The van der Waals surface area contributed by atoms with Crippen molar-refractivity contribution >= 4 is 0 Å². The smallest absolute Gasteiger partial charge is 0.126 e. The highest BCUT2D eigenvalue weighted by atomic mass is 19.1. The zero-order valence-electron chi connectivity index (χ0n) is 6.83. The lowest BCUT2D eigenvalue weighted by molar-refractivity contribution is 0.129. The Hall–Kier alpha value is -1.09. The van der Waals surface area contributed by atoms with Gasteiger partial charge in [-0.1, -0.05) is 6.07 Å². The van der Waals surface area contributed by atoms with E-state index in [1.54, 1.807) is 19.1 Å². The Morgan fingerprint density at radius 3 is 2.92 bits per heavy atom. The predicted octanol–water partition coefficient (Wildman–Crippen LogP) is 1.59. The van der Waals surface area contributed by atoms with E-state index in [1.807, 2.05) is 0 Å². The van der Waals surface area contributed by atoms with Gasteiger partial charge in [-0.05, 0) is 19.1 Å². The maximum absolute atomic E-state index is 12.6. The van der Waals surface area contributed by atoms with Gasteiger partial charge in [-0.15, -0.1) is 0 Å². The molecule has 0 saturated heterocycles. The molecular formula is C9H11FO2. The summed E-state index contributed by atoms with van der Waals surface area (Å²) in [7, 11) is 0. The number of hydrogen-bond donors (Lipinski definition) is 1. The number of hydrogen-bond acceptors (Lipinski definition) is 2. The van der Waals surface area contributed by atoms with Crippen LogP contribution in [0.3, 0.4) is 0 Å². The van der Waals surface area contributed by atoms with Crippen LogP contribution in [0, 0.1) is 5.82 Å². The van der Waals surface area contributed by atoms with Gasteiger partial charge in [0.1, 0.15) is 17.7 Å². The number of ether oxygens (including phenoxy) is 1. The Morgan fingerprint density at radius 1 is 1.58 bits per heavy atom. The van der Waals surface area contributed by atoms with E-state index < -0.39 is 0 Å². The lowest BCUT2D eigenvalue weighted by atomic mass is 10.3. The third-order valence-electron chi connectivity index (χ3n) is 1.39. The van der Waals surface area contributed by atoms with E-state index in [0.717, 1.165) is 0 Å². The van der Waals surface area contributed by atoms with Crippen LogP contribution in [0.2, 0.25) is 0 Å². The summed E-state index contributed by atoms with van der Waals surface area (Å²) in [6.07, 6.45) is -0.299. The summed E-state index contributed by atoms with van der Waals surface area (Å²) in [5.74, 6) is 0.106. The fourth-order valence-corrected chi connectivity index (χ4v) is 0.810. The van der Waals surface area contributed by atoms with Gasteiger partial charge >= 0.3 is 0 Å². The third kappa shape index (κ3) is 2.51. The molecule has 0 radical (unpaired) electrons. The molecule has 1 N–H and O–H groups in total. The van der Waals surface area contributed by atoms with E-state index in [1.165, 1.54) is 12.1 Å². The normalized spacial score (nSPS) is 12.6. The van der Waals surface area contributed by atoms with E-state index in [2.05, 4.69) is 0 Å². The lowest BCUT2D eigenvalue weighted by Crippen LogP contribution is -2.16. The first-order valence-electron chi connectivity index (χ1n) is 3.75. The molecule has 0 bridgehead atoms. The van der Waals surface area contributed by atoms with Crippen LogP contribution in [-0.4, -0.2) is 17.8 Å². The van der Waals surface area contributed by atoms with Gasteiger partial charge in [-0.3, -0.25) is 0 Å². The Kier molecular flexibility index (Phi) is 3.05. The van der Waals surface area contributed by atoms with Crippen LogP contribution in [0.4, 0.5) is 4.39 Å². The van der Waals surface area contributed by atoms with Crippen molar-refractivity contribution in [3.05, 3.63) is 30.1 Å². The second-order valence-electron chi connectivity index (χ2n) is 2.57. The quantitative estimate of drug-likeness (QED) is 0.746. The van der Waals surface area contributed by atoms with Crippen LogP contribution in [0.25, 0.3) is 0 Å². The molecule has 1 rings (SSSR count). The van der Waals surface area contributed by atoms with Crippen LogP contribution in [0.1, 0.15) is 6.92 Å². The molecule has 0 aliphatic heterocycles. The van der Waals surface area contributed by atoms with Crippen molar-refractivity contribution < 1.29 is 14.2 Å². The maximum Gasteiger partial charge on any atom is 0.126 e. The summed E-state index contributed by atoms with van der Waals surface area (Å²) in [5, 5.41) is 8.65. The van der Waals surface area contributed by atoms with E-state index >= 15 is 0 Å². The molecule has 3 heteroatoms. The number of benzene rings is 1. The fourth-order valence-electron chi connectivity index (χ4n) is 0.810. The zero-order valence-corrected chi connectivity index (χ0v) is 6.83. The monoisotopic (exact) mass is 170 g/mol. The average Bonchev–Trinajstić information content (AvgIpc) is 2.04. The van der Waals surface area contributed by atoms with Gasteiger partial charge in [0.25, 0.3) is 0 Å². The third-order valence-corrected chi connectivity index (χ3v) is 1.39. The van der Waals surface area contributed by atoms with E-state index in [9.17, 15) is 4.39 Å². The summed E-state index contributed by atoms with van der Waals surface area (Å²) >= 11 is 0. The van der Waals surface area contributed by atoms with Crippen LogP contribution in [-0.2, 0) is 0 Å². The molecule has 1 aromatic rings. The van der Waals surface area contributed by atoms with Crippen molar-refractivity contribution in [1.82, 2.24) is 0 Å². The minimum atomic E-state index is -0.336. The van der Waals surface area contributed by atoms with Gasteiger partial charge in [0, 0.05) is 6.07 Å². The van der Waals surface area contributed by atoms with Crippen LogP contribution < -0.4 is 4.74 Å². The SMILES string of the molecule is CC(CO)Oc1cccc(F)c1. The Morgan fingerprint density at radius 2 is 2.33 bits per heavy atom. The van der Waals surface area contributed by atoms with Crippen molar-refractivity contribution in [2.24, 2.45) is 0 Å². The molecule has 12 heavy (non-hydrogen) atoms. The molecule has 0 aromatic heterocycles. The zero-order chi connectivity index (χ0) is 8.97. The van der Waals surface area contributed by atoms with Gasteiger partial charge in [0.05, 0.1) is 6.61 Å². The summed E-state index contributed by atoms with van der Waals surface area (Å²) in [6, 6.07) is 5.84. The molecule has 66 valence electrons. The lowest BCUT2D eigenvalue weighted by Gasteiger charge is -2.11. The first-order chi connectivity index (χ1) is 5.72. The second kappa shape index (κ2) is 4.07. The predicted molar refractivity (Wildman–Crippen MR) is 43.6 cm³/mol. The highest BCUT2D eigenvalue weighted by Crippen LogP contribution is 2.13. The molecule has 1 unspecified atom stereocenters. The number of aliphatic hydroxyl groups excluding tert-OH is 1. The van der Waals surface area contributed by atoms with Gasteiger partial charge in [0.15, 0.2) is 0 Å². The first-order valence-corrected chi connectivity index (χ1v) is 3.75. The summed E-state index contributed by atoms with van der Waals surface area (Å²) in [5.41, 5.74) is 0. The van der Waals surface area contributed by atoms with Crippen molar-refractivity contribution in [3.8, 4) is 5.75 Å². The van der Waals surface area contributed by atoms with Gasteiger partial charge in [-0.25, -0.2) is 4.39 Å². The molecule has 0 aliphatic rings. The molecule has 0 saturated carbocycles. The van der Waals surface area contributed by atoms with Crippen molar-refractivity contribution in [2.45, 2.75) is 13.0 Å². The van der Waals surface area contributed by atoms with Gasteiger partial charge in [0.2, 0.25) is 0 Å². The molecule has 0 spiro atoms. The summed E-state index contributed by atoms with van der Waals surface area (Å²) in [6.45, 7) is 1.64. The van der Waals surface area contributed by atoms with Crippen molar-refractivity contribution in [2.75, 3.05) is 6.61 Å². The molecular weight excluding hydrogens is 159 g/mol. The summed E-state index contributed by atoms with van der Waals surface area (Å²) < 4.78 is 17.7. The van der Waals surface area contributed by atoms with Crippen LogP contribution >= 0.6 is 0 Å². The molecule has 1 atom stereocenters. The summed E-state index contributed by atoms with van der Waals surface area (Å²) in [4.78, 5) is 0. The number of aliphatic hydroxyl groups is 1. The van der Waals surface area contributed by atoms with Crippen LogP contribution in [0.5, 0.6) is 5.75 Å². The number of halogens is 1. The molecule has 2 nitrogen and oxygen atoms in total. The largest absolute Gasteiger partial charge is 0.488 e. The van der Waals surface area contributed by atoms with Crippen LogP contribution in [0.15, 0.2) is 24.3 Å². The van der Waals surface area contributed by atoms with Gasteiger partial charge in [-0.2, -0.15) is 0 Å². The molecule has 0 aliphatic carbocycles. The van der Waals surface area contributed by atoms with Crippen molar-refractivity contribution in [1.29, 1.82) is 0 Å². The van der Waals surface area contributed by atoms with Crippen molar-refractivity contribution in [3.63, 3.8) is 0 Å². The second-order valence-corrected chi connectivity index (χ2v) is 2.57. The minimum absolute atomic E-state index is 0.0729. The first kappa shape index (κ1) is 9.00. The number of rotatable bonds is 3. The fraction of sp³-hybridized carbons (Fsp3) is 0.333. The minimum Gasteiger partial charge on any atom is -0.488 e. The van der Waals surface area contributed by atoms with E-state index in [4.69, 9.17) is 9.84 Å². The van der Waals surface area contributed by atoms with E-state index in [0.29, 0.717) is 5.75 Å². The van der Waals surface area contributed by atoms with E-state index in [-0.39, 0.29) is 18.5 Å². The molecule has 0 amide bonds. The maximum atomic E-state index is 12.6. The highest BCUT2D eigenvalue weighted by Gasteiger charge is 2.01. The standard InChI is InChI=1S/C9H11FO2/c1-7(6-11)12-9-4-2-3-8(10)5-9/h2-5,7,11H,6H2,1H3. The Labute approximate surface area is 70.6 Å². The van der Waals surface area contributed by atoms with Gasteiger partial charge < -0.3 is 9.84 Å².